The Morgan fingerprint density at radius 2 is 2.06 bits per heavy atom. The van der Waals surface area contributed by atoms with Crippen molar-refractivity contribution in [1.29, 1.82) is 0 Å². The van der Waals surface area contributed by atoms with Gasteiger partial charge in [-0.1, -0.05) is 18.2 Å². The highest BCUT2D eigenvalue weighted by atomic mass is 32.2. The topological polar surface area (TPSA) is 111 Å². The third kappa shape index (κ3) is 3.42. The number of fused-ring (bicyclic) bond motifs is 2. The molecule has 0 radical (unpaired) electrons. The van der Waals surface area contributed by atoms with Gasteiger partial charge in [-0.2, -0.15) is 9.78 Å². The minimum absolute atomic E-state index is 0.0367. The number of hydrogen-bond donors (Lipinski definition) is 2. The lowest BCUT2D eigenvalue weighted by molar-refractivity contribution is -0.113. The molecule has 1 amide bonds. The SMILES string of the molecule is Cc1nn(-c2ncnc3nc[nH]c23)c2c1[C@@H](c1ccccc1OC(C)C)SCC(=O)N2. The molecule has 1 atom stereocenters. The van der Waals surface area contributed by atoms with Gasteiger partial charge >= 0.3 is 0 Å². The highest BCUT2D eigenvalue weighted by molar-refractivity contribution is 8.00. The summed E-state index contributed by atoms with van der Waals surface area (Å²) < 4.78 is 7.74. The minimum atomic E-state index is -0.128. The Morgan fingerprint density at radius 3 is 2.90 bits per heavy atom. The lowest BCUT2D eigenvalue weighted by Crippen LogP contribution is -2.16. The minimum Gasteiger partial charge on any atom is -0.491 e. The van der Waals surface area contributed by atoms with Gasteiger partial charge in [-0.15, -0.1) is 11.8 Å². The van der Waals surface area contributed by atoms with E-state index >= 15 is 0 Å². The maximum absolute atomic E-state index is 12.6. The van der Waals surface area contributed by atoms with Crippen LogP contribution in [-0.4, -0.2) is 47.5 Å². The molecule has 0 bridgehead atoms. The molecular weight excluding hydrogens is 414 g/mol. The predicted octanol–water partition coefficient (Wildman–Crippen LogP) is 3.41. The fourth-order valence-corrected chi connectivity index (χ4v) is 4.97. The van der Waals surface area contributed by atoms with Gasteiger partial charge in [0.1, 0.15) is 23.4 Å². The zero-order chi connectivity index (χ0) is 21.5. The summed E-state index contributed by atoms with van der Waals surface area (Å²) >= 11 is 1.56. The zero-order valence-corrected chi connectivity index (χ0v) is 18.1. The van der Waals surface area contributed by atoms with Crippen molar-refractivity contribution in [3.05, 3.63) is 53.7 Å². The van der Waals surface area contributed by atoms with Crippen LogP contribution < -0.4 is 10.1 Å². The number of amides is 1. The van der Waals surface area contributed by atoms with Gasteiger partial charge in [0.25, 0.3) is 0 Å². The molecule has 1 aromatic carbocycles. The molecule has 0 fully saturated rings. The predicted molar refractivity (Wildman–Crippen MR) is 119 cm³/mol. The van der Waals surface area contributed by atoms with E-state index in [-0.39, 0.29) is 17.3 Å². The number of rotatable bonds is 4. The lowest BCUT2D eigenvalue weighted by atomic mass is 10.0. The first-order valence-electron chi connectivity index (χ1n) is 9.94. The fourth-order valence-electron chi connectivity index (χ4n) is 3.75. The molecule has 0 saturated carbocycles. The van der Waals surface area contributed by atoms with E-state index in [4.69, 9.17) is 9.84 Å². The summed E-state index contributed by atoms with van der Waals surface area (Å²) in [6.07, 6.45) is 3.04. The Balaban J connectivity index is 1.71. The van der Waals surface area contributed by atoms with E-state index in [1.807, 2.05) is 45.0 Å². The van der Waals surface area contributed by atoms with Gasteiger partial charge in [0.2, 0.25) is 5.91 Å². The third-order valence-electron chi connectivity index (χ3n) is 4.98. The van der Waals surface area contributed by atoms with Crippen LogP contribution in [0.4, 0.5) is 5.82 Å². The Labute approximate surface area is 182 Å². The molecule has 0 unspecified atom stereocenters. The van der Waals surface area contributed by atoms with Gasteiger partial charge in [-0.25, -0.2) is 15.0 Å². The molecule has 31 heavy (non-hydrogen) atoms. The Bertz CT molecular complexity index is 1280. The second kappa shape index (κ2) is 7.69. The van der Waals surface area contributed by atoms with Gasteiger partial charge in [0.15, 0.2) is 11.5 Å². The maximum atomic E-state index is 12.6. The average molecular weight is 436 g/mol. The zero-order valence-electron chi connectivity index (χ0n) is 17.3. The number of aromatic amines is 1. The molecule has 4 heterocycles. The van der Waals surface area contributed by atoms with Crippen LogP contribution in [-0.2, 0) is 4.79 Å². The van der Waals surface area contributed by atoms with Crippen LogP contribution >= 0.6 is 11.8 Å². The maximum Gasteiger partial charge on any atom is 0.235 e. The number of anilines is 1. The van der Waals surface area contributed by atoms with Crippen LogP contribution in [0.3, 0.4) is 0 Å². The fraction of sp³-hybridized carbons (Fsp3) is 0.286. The number of carbonyl (C=O) groups is 1. The number of thioether (sulfide) groups is 1. The number of aromatic nitrogens is 6. The van der Waals surface area contributed by atoms with Crippen LogP contribution in [0.25, 0.3) is 17.0 Å². The van der Waals surface area contributed by atoms with Gasteiger partial charge in [-0.05, 0) is 26.8 Å². The highest BCUT2D eigenvalue weighted by Gasteiger charge is 2.33. The normalized spacial score (nSPS) is 16.3. The molecule has 4 aromatic rings. The first-order chi connectivity index (χ1) is 15.0. The van der Waals surface area contributed by atoms with Crippen LogP contribution in [0.5, 0.6) is 5.75 Å². The molecule has 2 N–H and O–H groups in total. The van der Waals surface area contributed by atoms with Gasteiger partial charge in [-0.3, -0.25) is 4.79 Å². The number of nitrogens with one attached hydrogen (secondary N) is 2. The summed E-state index contributed by atoms with van der Waals surface area (Å²) in [7, 11) is 0. The summed E-state index contributed by atoms with van der Waals surface area (Å²) in [6, 6.07) is 7.96. The average Bonchev–Trinajstić information content (AvgIpc) is 3.29. The summed E-state index contributed by atoms with van der Waals surface area (Å²) in [5.74, 6) is 2.17. The third-order valence-corrected chi connectivity index (χ3v) is 6.23. The molecule has 0 saturated heterocycles. The van der Waals surface area contributed by atoms with Crippen molar-refractivity contribution >= 4 is 34.7 Å². The number of H-pyrrole nitrogens is 1. The quantitative estimate of drug-likeness (QED) is 0.505. The smallest absolute Gasteiger partial charge is 0.235 e. The molecule has 0 spiro atoms. The molecule has 1 aliphatic heterocycles. The van der Waals surface area contributed by atoms with E-state index in [1.54, 1.807) is 22.8 Å². The number of imidazole rings is 1. The van der Waals surface area contributed by atoms with Gasteiger partial charge in [0, 0.05) is 11.1 Å². The first kappa shape index (κ1) is 19.6. The molecule has 158 valence electrons. The molecular formula is C21H21N7O2S. The number of benzene rings is 1. The number of nitrogens with zero attached hydrogens (tertiary/aromatic N) is 5. The highest BCUT2D eigenvalue weighted by Crippen LogP contribution is 2.46. The second-order valence-electron chi connectivity index (χ2n) is 7.50. The van der Waals surface area contributed by atoms with E-state index in [2.05, 4.69) is 25.3 Å². The van der Waals surface area contributed by atoms with Crippen LogP contribution in [0.1, 0.15) is 35.9 Å². The Morgan fingerprint density at radius 1 is 1.23 bits per heavy atom. The van der Waals surface area contributed by atoms with Crippen molar-refractivity contribution in [2.45, 2.75) is 32.1 Å². The van der Waals surface area contributed by atoms with E-state index in [0.717, 1.165) is 22.6 Å². The monoisotopic (exact) mass is 435 g/mol. The van der Waals surface area contributed by atoms with Crippen LogP contribution in [0.15, 0.2) is 36.9 Å². The van der Waals surface area contributed by atoms with E-state index < -0.39 is 0 Å². The largest absolute Gasteiger partial charge is 0.491 e. The van der Waals surface area contributed by atoms with Crippen molar-refractivity contribution in [2.75, 3.05) is 11.1 Å². The van der Waals surface area contributed by atoms with E-state index in [0.29, 0.717) is 28.6 Å². The van der Waals surface area contributed by atoms with Crippen molar-refractivity contribution in [3.63, 3.8) is 0 Å². The van der Waals surface area contributed by atoms with Gasteiger partial charge in [0.05, 0.1) is 29.1 Å². The summed E-state index contributed by atoms with van der Waals surface area (Å²) in [4.78, 5) is 28.5. The first-order valence-corrected chi connectivity index (χ1v) is 11.0. The molecule has 10 heteroatoms. The number of carbonyl (C=O) groups excluding carboxylic acids is 1. The van der Waals surface area contributed by atoms with Crippen molar-refractivity contribution in [3.8, 4) is 11.6 Å². The van der Waals surface area contributed by atoms with Gasteiger partial charge < -0.3 is 15.0 Å². The number of aryl methyl sites for hydroxylation is 1. The van der Waals surface area contributed by atoms with Crippen molar-refractivity contribution in [2.24, 2.45) is 0 Å². The standard InChI is InChI=1S/C21H21N7O2S/c1-11(2)30-14-7-5-4-6-13(14)18-16-12(3)27-28(20(16)26-15(29)8-31-18)21-17-19(23-9-22-17)24-10-25-21/h4-7,9-11,18H,8H2,1-3H3,(H,26,29)(H,22,23,24,25)/t18-/m1/s1. The van der Waals surface area contributed by atoms with Crippen LogP contribution in [0.2, 0.25) is 0 Å². The number of hydrogen-bond acceptors (Lipinski definition) is 7. The van der Waals surface area contributed by atoms with Crippen molar-refractivity contribution < 1.29 is 9.53 Å². The molecule has 3 aromatic heterocycles. The van der Waals surface area contributed by atoms with Crippen molar-refractivity contribution in [1.82, 2.24) is 29.7 Å². The second-order valence-corrected chi connectivity index (χ2v) is 8.59. The Kier molecular flexibility index (Phi) is 4.85. The Hall–Kier alpha value is -3.40. The molecule has 9 nitrogen and oxygen atoms in total. The summed E-state index contributed by atoms with van der Waals surface area (Å²) in [5, 5.41) is 7.65. The summed E-state index contributed by atoms with van der Waals surface area (Å²) in [5.41, 5.74) is 3.94. The molecule has 1 aliphatic rings. The van der Waals surface area contributed by atoms with E-state index in [1.165, 1.54) is 6.33 Å². The van der Waals surface area contributed by atoms with Crippen LogP contribution in [0, 0.1) is 6.92 Å². The van der Waals surface area contributed by atoms with E-state index in [9.17, 15) is 4.79 Å². The summed E-state index contributed by atoms with van der Waals surface area (Å²) in [6.45, 7) is 5.95. The number of para-hydroxylation sites is 1. The number of ether oxygens (including phenoxy) is 1. The molecule has 5 rings (SSSR count). The lowest BCUT2D eigenvalue weighted by Gasteiger charge is -2.20. The molecule has 0 aliphatic carbocycles.